The van der Waals surface area contributed by atoms with Crippen molar-refractivity contribution in [2.45, 2.75) is 30.9 Å². The Labute approximate surface area is 145 Å². The van der Waals surface area contributed by atoms with E-state index < -0.39 is 41.5 Å². The summed E-state index contributed by atoms with van der Waals surface area (Å²) >= 11 is 0. The van der Waals surface area contributed by atoms with E-state index >= 15 is 0 Å². The monoisotopic (exact) mass is 411 g/mol. The van der Waals surface area contributed by atoms with Gasteiger partial charge in [0.2, 0.25) is 0 Å². The summed E-state index contributed by atoms with van der Waals surface area (Å²) in [5.41, 5.74) is -0.797. The van der Waals surface area contributed by atoms with Crippen LogP contribution in [0.3, 0.4) is 0 Å². The highest BCUT2D eigenvalue weighted by Gasteiger charge is 2.83. The van der Waals surface area contributed by atoms with E-state index in [9.17, 15) is 49.1 Å². The van der Waals surface area contributed by atoms with Gasteiger partial charge in [-0.25, -0.2) is 4.79 Å². The van der Waals surface area contributed by atoms with Crippen LogP contribution in [-0.2, 0) is 9.53 Å². The molecule has 0 aliphatic heterocycles. The predicted octanol–water partition coefficient (Wildman–Crippen LogP) is 4.27. The molecule has 0 bridgehead atoms. The standard InChI is InChI=1S/C14H10F9NO3/c1-2-27-9(25)7-3-5-8(6-4-7)24-10(26)11(15,16)12(17,18)13(19,20)14(21,22)23/h3-6H,2H2,1H3,(H,24,26). The summed E-state index contributed by atoms with van der Waals surface area (Å²) in [6, 6.07) is 3.32. The molecule has 1 amide bonds. The zero-order valence-corrected chi connectivity index (χ0v) is 13.1. The average Bonchev–Trinajstić information content (AvgIpc) is 2.54. The predicted molar refractivity (Wildman–Crippen MR) is 71.9 cm³/mol. The van der Waals surface area contributed by atoms with Crippen molar-refractivity contribution in [2.24, 2.45) is 0 Å². The zero-order chi connectivity index (χ0) is 21.3. The molecule has 1 aromatic carbocycles. The first kappa shape index (κ1) is 22.6. The van der Waals surface area contributed by atoms with Crippen LogP contribution in [0.1, 0.15) is 17.3 Å². The topological polar surface area (TPSA) is 55.4 Å². The fraction of sp³-hybridized carbons (Fsp3) is 0.429. The minimum Gasteiger partial charge on any atom is -0.462 e. The third-order valence-corrected chi connectivity index (χ3v) is 3.08. The number of amides is 1. The number of carbonyl (C=O) groups excluding carboxylic acids is 2. The fourth-order valence-corrected chi connectivity index (χ4v) is 1.63. The zero-order valence-electron chi connectivity index (χ0n) is 13.1. The molecule has 0 aliphatic carbocycles. The minimum atomic E-state index is -7.17. The van der Waals surface area contributed by atoms with Gasteiger partial charge >= 0.3 is 35.8 Å². The first-order chi connectivity index (χ1) is 12.1. The maximum absolute atomic E-state index is 13.4. The molecule has 4 nitrogen and oxygen atoms in total. The number of ether oxygens (including phenoxy) is 1. The van der Waals surface area contributed by atoms with Crippen LogP contribution in [-0.4, -0.2) is 42.4 Å². The molecule has 0 spiro atoms. The number of carbonyl (C=O) groups is 2. The first-order valence-corrected chi connectivity index (χ1v) is 6.88. The van der Waals surface area contributed by atoms with E-state index in [1.807, 2.05) is 0 Å². The molecule has 0 fully saturated rings. The highest BCUT2D eigenvalue weighted by molar-refractivity contribution is 5.97. The van der Waals surface area contributed by atoms with E-state index in [1.165, 1.54) is 6.92 Å². The minimum absolute atomic E-state index is 0.00789. The van der Waals surface area contributed by atoms with Gasteiger partial charge in [0.15, 0.2) is 0 Å². The number of nitrogens with one attached hydrogen (secondary N) is 1. The molecule has 0 saturated carbocycles. The van der Waals surface area contributed by atoms with Crippen LogP contribution in [0.2, 0.25) is 0 Å². The Hall–Kier alpha value is -2.47. The van der Waals surface area contributed by atoms with Gasteiger partial charge in [0.05, 0.1) is 12.2 Å². The molecular weight excluding hydrogens is 401 g/mol. The molecule has 0 radical (unpaired) electrons. The molecule has 152 valence electrons. The molecule has 0 aromatic heterocycles. The molecule has 1 N–H and O–H groups in total. The van der Waals surface area contributed by atoms with Gasteiger partial charge < -0.3 is 10.1 Å². The van der Waals surface area contributed by atoms with Gasteiger partial charge in [-0.2, -0.15) is 39.5 Å². The highest BCUT2D eigenvalue weighted by Crippen LogP contribution is 2.53. The maximum atomic E-state index is 13.4. The van der Waals surface area contributed by atoms with Crippen LogP contribution >= 0.6 is 0 Å². The number of esters is 1. The van der Waals surface area contributed by atoms with Gasteiger partial charge in [-0.05, 0) is 31.2 Å². The van der Waals surface area contributed by atoms with E-state index in [0.29, 0.717) is 0 Å². The number of halogens is 9. The summed E-state index contributed by atoms with van der Waals surface area (Å²) in [6.07, 6.45) is -7.03. The van der Waals surface area contributed by atoms with Gasteiger partial charge in [0.25, 0.3) is 0 Å². The van der Waals surface area contributed by atoms with Gasteiger partial charge in [0.1, 0.15) is 0 Å². The third-order valence-electron chi connectivity index (χ3n) is 3.08. The Morgan fingerprint density at radius 2 is 1.37 bits per heavy atom. The van der Waals surface area contributed by atoms with Crippen LogP contribution in [0.5, 0.6) is 0 Å². The van der Waals surface area contributed by atoms with E-state index in [4.69, 9.17) is 0 Å². The van der Waals surface area contributed by atoms with Gasteiger partial charge in [0, 0.05) is 5.69 Å². The SMILES string of the molecule is CCOC(=O)c1ccc(NC(=O)C(F)(F)C(F)(F)C(F)(F)C(F)(F)F)cc1. The van der Waals surface area contributed by atoms with Crippen molar-refractivity contribution in [2.75, 3.05) is 11.9 Å². The normalized spacial score (nSPS) is 13.3. The second kappa shape index (κ2) is 7.27. The smallest absolute Gasteiger partial charge is 0.460 e. The molecule has 27 heavy (non-hydrogen) atoms. The molecule has 0 aliphatic rings. The molecule has 1 rings (SSSR count). The Balaban J connectivity index is 3.05. The summed E-state index contributed by atoms with van der Waals surface area (Å²) in [5, 5.41) is 1.09. The molecular formula is C14H10F9NO3. The van der Waals surface area contributed by atoms with Crippen molar-refractivity contribution in [1.82, 2.24) is 0 Å². The van der Waals surface area contributed by atoms with Crippen LogP contribution in [0.15, 0.2) is 24.3 Å². The fourth-order valence-electron chi connectivity index (χ4n) is 1.63. The van der Waals surface area contributed by atoms with Gasteiger partial charge in [-0.1, -0.05) is 0 Å². The Morgan fingerprint density at radius 1 is 0.889 bits per heavy atom. The Morgan fingerprint density at radius 3 is 1.78 bits per heavy atom. The Kier molecular flexibility index (Phi) is 6.08. The lowest BCUT2D eigenvalue weighted by Gasteiger charge is -2.32. The lowest BCUT2D eigenvalue weighted by Crippen LogP contribution is -2.64. The number of rotatable bonds is 6. The van der Waals surface area contributed by atoms with E-state index in [-0.39, 0.29) is 12.2 Å². The van der Waals surface area contributed by atoms with Crippen molar-refractivity contribution in [3.63, 3.8) is 0 Å². The van der Waals surface area contributed by atoms with Gasteiger partial charge in [-0.15, -0.1) is 0 Å². The quantitative estimate of drug-likeness (QED) is 0.562. The Bertz CT molecular complexity index is 699. The number of anilines is 1. The van der Waals surface area contributed by atoms with E-state index in [2.05, 4.69) is 4.74 Å². The average molecular weight is 411 g/mol. The third kappa shape index (κ3) is 4.11. The number of alkyl halides is 9. The van der Waals surface area contributed by atoms with Crippen LogP contribution < -0.4 is 5.32 Å². The summed E-state index contributed by atoms with van der Waals surface area (Å²) in [7, 11) is 0. The lowest BCUT2D eigenvalue weighted by molar-refractivity contribution is -0.388. The summed E-state index contributed by atoms with van der Waals surface area (Å²) < 4.78 is 119. The molecule has 13 heteroatoms. The molecule has 0 heterocycles. The van der Waals surface area contributed by atoms with Crippen LogP contribution in [0, 0.1) is 0 Å². The summed E-state index contributed by atoms with van der Waals surface area (Å²) in [4.78, 5) is 22.6. The van der Waals surface area contributed by atoms with Crippen molar-refractivity contribution in [3.05, 3.63) is 29.8 Å². The first-order valence-electron chi connectivity index (χ1n) is 6.88. The molecule has 0 atom stereocenters. The second-order valence-corrected chi connectivity index (χ2v) is 4.97. The largest absolute Gasteiger partial charge is 0.462 e. The van der Waals surface area contributed by atoms with Gasteiger partial charge in [-0.3, -0.25) is 4.79 Å². The molecule has 1 aromatic rings. The molecule has 0 unspecified atom stereocenters. The second-order valence-electron chi connectivity index (χ2n) is 4.97. The van der Waals surface area contributed by atoms with E-state index in [1.54, 1.807) is 0 Å². The summed E-state index contributed by atoms with van der Waals surface area (Å²) in [6.45, 7) is 1.47. The lowest BCUT2D eigenvalue weighted by atomic mass is 10.0. The van der Waals surface area contributed by atoms with Crippen molar-refractivity contribution < 1.29 is 53.8 Å². The molecule has 0 saturated heterocycles. The van der Waals surface area contributed by atoms with Crippen LogP contribution in [0.4, 0.5) is 45.2 Å². The number of hydrogen-bond acceptors (Lipinski definition) is 3. The van der Waals surface area contributed by atoms with Crippen molar-refractivity contribution in [1.29, 1.82) is 0 Å². The highest BCUT2D eigenvalue weighted by atomic mass is 19.4. The summed E-state index contributed by atoms with van der Waals surface area (Å²) in [5.74, 6) is -24.6. The van der Waals surface area contributed by atoms with Crippen molar-refractivity contribution >= 4 is 17.6 Å². The van der Waals surface area contributed by atoms with Crippen LogP contribution in [0.25, 0.3) is 0 Å². The van der Waals surface area contributed by atoms with Crippen molar-refractivity contribution in [3.8, 4) is 0 Å². The number of hydrogen-bond donors (Lipinski definition) is 1. The van der Waals surface area contributed by atoms with E-state index in [0.717, 1.165) is 29.6 Å². The maximum Gasteiger partial charge on any atom is 0.460 e. The number of benzene rings is 1.